The van der Waals surface area contributed by atoms with Gasteiger partial charge in [0.1, 0.15) is 17.2 Å². The van der Waals surface area contributed by atoms with Gasteiger partial charge in [-0.15, -0.1) is 0 Å². The van der Waals surface area contributed by atoms with Crippen molar-refractivity contribution in [1.29, 1.82) is 0 Å². The van der Waals surface area contributed by atoms with Gasteiger partial charge in [-0.3, -0.25) is 0 Å². The molecule has 3 heterocycles. The van der Waals surface area contributed by atoms with E-state index in [1.807, 2.05) is 56.4 Å². The van der Waals surface area contributed by atoms with Crippen LogP contribution in [0.2, 0.25) is 0 Å². The van der Waals surface area contributed by atoms with Gasteiger partial charge in [-0.25, -0.2) is 0 Å². The summed E-state index contributed by atoms with van der Waals surface area (Å²) in [6.07, 6.45) is 4.83. The third kappa shape index (κ3) is 8.23. The lowest BCUT2D eigenvalue weighted by atomic mass is 10.0. The summed E-state index contributed by atoms with van der Waals surface area (Å²) in [5.74, 6) is 1.95. The van der Waals surface area contributed by atoms with Crippen molar-refractivity contribution in [3.8, 4) is 5.75 Å². The average Bonchev–Trinajstić information content (AvgIpc) is 3.50. The van der Waals surface area contributed by atoms with E-state index in [0.29, 0.717) is 36.6 Å². The van der Waals surface area contributed by atoms with E-state index in [1.165, 1.54) is 0 Å². The first-order valence-corrected chi connectivity index (χ1v) is 16.7. The standard InChI is InChI=1S/C33H46N7O4P/c1-7-20-44-28-21-23(12-13-27(28)40-18-15-24(16-19-40)39(4)22-33(2,3)41)35-32-37-30-25(14-17-34-30)31(38-32)36-26-10-8-9-11-29(26)45(42-5)43-6/h8-14,17,21,24,41H,7,15-16,18-20,22H2,1-6H3,(H3,34,35,36,37,38). The second-order valence-corrected chi connectivity index (χ2v) is 13.7. The fraction of sp³-hybridized carbons (Fsp3) is 0.455. The Morgan fingerprint density at radius 1 is 1.07 bits per heavy atom. The van der Waals surface area contributed by atoms with Gasteiger partial charge in [-0.05, 0) is 70.5 Å². The lowest BCUT2D eigenvalue weighted by Crippen LogP contribution is -2.47. The Morgan fingerprint density at radius 2 is 1.82 bits per heavy atom. The number of hydrogen-bond acceptors (Lipinski definition) is 10. The first kappa shape index (κ1) is 32.9. The number of ether oxygens (including phenoxy) is 1. The molecule has 0 unspecified atom stereocenters. The van der Waals surface area contributed by atoms with Crippen LogP contribution < -0.4 is 25.6 Å². The molecule has 1 fully saturated rings. The third-order valence-corrected chi connectivity index (χ3v) is 9.29. The van der Waals surface area contributed by atoms with Gasteiger partial charge in [0.25, 0.3) is 0 Å². The third-order valence-electron chi connectivity index (χ3n) is 7.84. The van der Waals surface area contributed by atoms with Crippen LogP contribution in [0.25, 0.3) is 11.0 Å². The van der Waals surface area contributed by atoms with Crippen LogP contribution in [-0.4, -0.2) is 84.1 Å². The van der Waals surface area contributed by atoms with Gasteiger partial charge in [0.15, 0.2) is 0 Å². The molecule has 0 bridgehead atoms. The van der Waals surface area contributed by atoms with Crippen LogP contribution in [-0.2, 0) is 9.05 Å². The van der Waals surface area contributed by atoms with Crippen molar-refractivity contribution < 1.29 is 18.9 Å². The molecule has 0 aliphatic carbocycles. The number of fused-ring (bicyclic) bond motifs is 1. The zero-order valence-electron chi connectivity index (χ0n) is 27.1. The SMILES string of the molecule is CCCOc1cc(Nc2nc(Nc3ccccc3P(OC)OC)c3cc[nH]c3n2)ccc1N1CCC(N(C)CC(C)(C)O)CC1. The summed E-state index contributed by atoms with van der Waals surface area (Å²) in [6.45, 7) is 8.98. The number of aromatic nitrogens is 3. The molecule has 1 aliphatic heterocycles. The number of hydrogen-bond donors (Lipinski definition) is 4. The molecule has 242 valence electrons. The van der Waals surface area contributed by atoms with Gasteiger partial charge in [0.05, 0.1) is 34.3 Å². The monoisotopic (exact) mass is 635 g/mol. The van der Waals surface area contributed by atoms with Crippen molar-refractivity contribution in [2.45, 2.75) is 51.7 Å². The van der Waals surface area contributed by atoms with Crippen LogP contribution in [0.4, 0.5) is 28.8 Å². The van der Waals surface area contributed by atoms with Crippen molar-refractivity contribution in [1.82, 2.24) is 19.9 Å². The molecular formula is C33H46N7O4P. The van der Waals surface area contributed by atoms with Crippen LogP contribution >= 0.6 is 8.38 Å². The molecule has 0 spiro atoms. The quantitative estimate of drug-likeness (QED) is 0.120. The van der Waals surface area contributed by atoms with Crippen molar-refractivity contribution in [3.63, 3.8) is 0 Å². The number of likely N-dealkylation sites (N-methyl/N-ethyl adjacent to an activating group) is 1. The first-order chi connectivity index (χ1) is 21.7. The van der Waals surface area contributed by atoms with Gasteiger partial charge in [0.2, 0.25) is 14.3 Å². The number of piperidine rings is 1. The Morgan fingerprint density at radius 3 is 2.53 bits per heavy atom. The van der Waals surface area contributed by atoms with E-state index in [2.05, 4.69) is 51.5 Å². The van der Waals surface area contributed by atoms with E-state index in [0.717, 1.165) is 65.9 Å². The van der Waals surface area contributed by atoms with Gasteiger partial charge in [-0.1, -0.05) is 19.1 Å². The highest BCUT2D eigenvalue weighted by molar-refractivity contribution is 7.56. The number of nitrogens with zero attached hydrogens (tertiary/aromatic N) is 4. The summed E-state index contributed by atoms with van der Waals surface area (Å²) in [6, 6.07) is 16.5. The smallest absolute Gasteiger partial charge is 0.231 e. The van der Waals surface area contributed by atoms with Gasteiger partial charge >= 0.3 is 0 Å². The predicted octanol–water partition coefficient (Wildman–Crippen LogP) is 6.14. The topological polar surface area (TPSA) is 120 Å². The number of aromatic amines is 1. The summed E-state index contributed by atoms with van der Waals surface area (Å²) in [5, 5.41) is 19.0. The number of anilines is 5. The second kappa shape index (κ2) is 14.7. The molecule has 0 saturated carbocycles. The Labute approximate surface area is 267 Å². The van der Waals surface area contributed by atoms with Crippen molar-refractivity contribution >= 4 is 53.5 Å². The largest absolute Gasteiger partial charge is 0.491 e. The molecule has 5 rings (SSSR count). The van der Waals surface area contributed by atoms with Gasteiger partial charge in [-0.2, -0.15) is 9.97 Å². The molecular weight excluding hydrogens is 589 g/mol. The molecule has 4 N–H and O–H groups in total. The summed E-state index contributed by atoms with van der Waals surface area (Å²) < 4.78 is 17.4. The minimum atomic E-state index is -1.24. The summed E-state index contributed by atoms with van der Waals surface area (Å²) in [5.41, 5.74) is 2.79. The Bertz CT molecular complexity index is 1550. The Kier molecular flexibility index (Phi) is 10.8. The van der Waals surface area contributed by atoms with E-state index in [9.17, 15) is 5.11 Å². The molecule has 1 saturated heterocycles. The minimum Gasteiger partial charge on any atom is -0.491 e. The Balaban J connectivity index is 1.36. The van der Waals surface area contributed by atoms with Crippen molar-refractivity contribution in [3.05, 3.63) is 54.7 Å². The first-order valence-electron chi connectivity index (χ1n) is 15.5. The number of aliphatic hydroxyl groups is 1. The Hall–Kier alpha value is -3.47. The second-order valence-electron chi connectivity index (χ2n) is 12.0. The van der Waals surface area contributed by atoms with Crippen LogP contribution in [0, 0.1) is 0 Å². The minimum absolute atomic E-state index is 0.444. The van der Waals surface area contributed by atoms with Crippen LogP contribution in [0.1, 0.15) is 40.0 Å². The summed E-state index contributed by atoms with van der Waals surface area (Å²) >= 11 is 0. The summed E-state index contributed by atoms with van der Waals surface area (Å²) in [4.78, 5) is 17.5. The number of benzene rings is 2. The number of rotatable bonds is 14. The fourth-order valence-electron chi connectivity index (χ4n) is 5.83. The fourth-order valence-corrected chi connectivity index (χ4v) is 6.90. The highest BCUT2D eigenvalue weighted by atomic mass is 31.2. The average molecular weight is 636 g/mol. The zero-order valence-corrected chi connectivity index (χ0v) is 28.0. The van der Waals surface area contributed by atoms with Crippen molar-refractivity contribution in [2.75, 3.05) is 63.0 Å². The van der Waals surface area contributed by atoms with Gasteiger partial charge in [0, 0.05) is 57.8 Å². The van der Waals surface area contributed by atoms with Crippen LogP contribution in [0.15, 0.2) is 54.7 Å². The molecule has 0 atom stereocenters. The maximum absolute atomic E-state index is 10.3. The normalized spacial score (nSPS) is 14.5. The van der Waals surface area contributed by atoms with Crippen LogP contribution in [0.3, 0.4) is 0 Å². The lowest BCUT2D eigenvalue weighted by molar-refractivity contribution is 0.0274. The lowest BCUT2D eigenvalue weighted by Gasteiger charge is -2.40. The number of nitrogens with one attached hydrogen (secondary N) is 3. The number of H-pyrrole nitrogens is 1. The molecule has 1 aliphatic rings. The zero-order chi connectivity index (χ0) is 32.0. The molecule has 4 aromatic rings. The maximum atomic E-state index is 10.3. The molecule has 45 heavy (non-hydrogen) atoms. The van der Waals surface area contributed by atoms with E-state index >= 15 is 0 Å². The van der Waals surface area contributed by atoms with Gasteiger partial charge < -0.3 is 44.3 Å². The highest BCUT2D eigenvalue weighted by Gasteiger charge is 2.27. The van der Waals surface area contributed by atoms with Crippen molar-refractivity contribution in [2.24, 2.45) is 0 Å². The molecule has 0 amide bonds. The van der Waals surface area contributed by atoms with E-state index in [1.54, 1.807) is 14.2 Å². The maximum Gasteiger partial charge on any atom is 0.231 e. The van der Waals surface area contributed by atoms with E-state index in [-0.39, 0.29) is 0 Å². The van der Waals surface area contributed by atoms with Crippen LogP contribution in [0.5, 0.6) is 5.75 Å². The highest BCUT2D eigenvalue weighted by Crippen LogP contribution is 2.39. The molecule has 2 aromatic heterocycles. The molecule has 12 heteroatoms. The number of para-hydroxylation sites is 1. The summed E-state index contributed by atoms with van der Waals surface area (Å²) in [7, 11) is 4.16. The van der Waals surface area contributed by atoms with E-state index in [4.69, 9.17) is 23.8 Å². The molecule has 2 aromatic carbocycles. The predicted molar refractivity (Wildman–Crippen MR) is 184 cm³/mol. The molecule has 11 nitrogen and oxygen atoms in total. The van der Waals surface area contributed by atoms with E-state index < -0.39 is 14.0 Å². The molecule has 0 radical (unpaired) electrons.